The third kappa shape index (κ3) is 1.68. The van der Waals surface area contributed by atoms with Crippen molar-refractivity contribution in [3.63, 3.8) is 0 Å². The maximum Gasteiger partial charge on any atom is 0.101 e. The van der Waals surface area contributed by atoms with Crippen LogP contribution in [0.1, 0.15) is 0 Å². The fourth-order valence-corrected chi connectivity index (χ4v) is 3.31. The first-order chi connectivity index (χ1) is 7.43. The monoisotopic (exact) mass is 231 g/mol. The summed E-state index contributed by atoms with van der Waals surface area (Å²) in [6, 6.07) is 12.6. The van der Waals surface area contributed by atoms with Crippen LogP contribution in [0.5, 0.6) is 0 Å². The Morgan fingerprint density at radius 3 is 2.80 bits per heavy atom. The number of aromatic amines is 1. The molecular formula is C12H9NS2. The summed E-state index contributed by atoms with van der Waals surface area (Å²) >= 11 is 3.55. The highest BCUT2D eigenvalue weighted by Crippen LogP contribution is 2.35. The van der Waals surface area contributed by atoms with E-state index in [0.717, 1.165) is 0 Å². The van der Waals surface area contributed by atoms with Crippen molar-refractivity contribution in [3.8, 4) is 0 Å². The maximum atomic E-state index is 3.29. The van der Waals surface area contributed by atoms with E-state index in [-0.39, 0.29) is 0 Å². The first-order valence-electron chi connectivity index (χ1n) is 4.71. The zero-order valence-electron chi connectivity index (χ0n) is 7.94. The molecule has 1 N–H and O–H groups in total. The Morgan fingerprint density at radius 1 is 1.07 bits per heavy atom. The smallest absolute Gasteiger partial charge is 0.101 e. The van der Waals surface area contributed by atoms with Crippen LogP contribution in [0.25, 0.3) is 10.2 Å². The van der Waals surface area contributed by atoms with E-state index >= 15 is 0 Å². The summed E-state index contributed by atoms with van der Waals surface area (Å²) in [5.41, 5.74) is 0. The van der Waals surface area contributed by atoms with Crippen LogP contribution < -0.4 is 0 Å². The molecule has 2 aromatic heterocycles. The van der Waals surface area contributed by atoms with Gasteiger partial charge in [0, 0.05) is 21.4 Å². The lowest BCUT2D eigenvalue weighted by atomic mass is 10.4. The van der Waals surface area contributed by atoms with Crippen molar-refractivity contribution in [2.24, 2.45) is 0 Å². The van der Waals surface area contributed by atoms with Gasteiger partial charge in [-0.25, -0.2) is 0 Å². The second-order valence-corrected chi connectivity index (χ2v) is 5.26. The molecule has 0 saturated heterocycles. The van der Waals surface area contributed by atoms with Gasteiger partial charge in [-0.2, -0.15) is 0 Å². The molecule has 0 aliphatic rings. The number of aromatic nitrogens is 1. The number of nitrogens with one attached hydrogen (secondary N) is 1. The molecule has 0 aliphatic heterocycles. The number of thiophene rings is 1. The Kier molecular flexibility index (Phi) is 2.27. The average Bonchev–Trinajstić information content (AvgIpc) is 2.85. The van der Waals surface area contributed by atoms with Crippen molar-refractivity contribution in [3.05, 3.63) is 48.0 Å². The second kappa shape index (κ2) is 3.76. The molecule has 3 heteroatoms. The van der Waals surface area contributed by atoms with Gasteiger partial charge in [-0.3, -0.25) is 0 Å². The van der Waals surface area contributed by atoms with E-state index in [9.17, 15) is 0 Å². The molecule has 0 atom stereocenters. The number of hydrogen-bond acceptors (Lipinski definition) is 2. The summed E-state index contributed by atoms with van der Waals surface area (Å²) in [4.78, 5) is 7.13. The van der Waals surface area contributed by atoms with Crippen LogP contribution in [0.3, 0.4) is 0 Å². The molecule has 74 valence electrons. The molecule has 0 unspecified atom stereocenters. The van der Waals surface area contributed by atoms with Crippen LogP contribution in [0.4, 0.5) is 0 Å². The van der Waals surface area contributed by atoms with Crippen LogP contribution >= 0.6 is 23.1 Å². The van der Waals surface area contributed by atoms with E-state index in [1.165, 1.54) is 20.0 Å². The van der Waals surface area contributed by atoms with Crippen LogP contribution in [0.15, 0.2) is 57.8 Å². The van der Waals surface area contributed by atoms with Crippen molar-refractivity contribution in [1.29, 1.82) is 0 Å². The fourth-order valence-electron chi connectivity index (χ4n) is 1.52. The minimum atomic E-state index is 1.26. The van der Waals surface area contributed by atoms with Gasteiger partial charge in [-0.05, 0) is 23.6 Å². The molecule has 0 spiro atoms. The summed E-state index contributed by atoms with van der Waals surface area (Å²) in [6.45, 7) is 0. The van der Waals surface area contributed by atoms with Gasteiger partial charge >= 0.3 is 0 Å². The Morgan fingerprint density at radius 2 is 1.93 bits per heavy atom. The fraction of sp³-hybridized carbons (Fsp3) is 0. The maximum absolute atomic E-state index is 3.29. The van der Waals surface area contributed by atoms with E-state index in [1.807, 2.05) is 6.07 Å². The number of fused-ring (bicyclic) bond motifs is 1. The van der Waals surface area contributed by atoms with E-state index < -0.39 is 0 Å². The topological polar surface area (TPSA) is 15.8 Å². The summed E-state index contributed by atoms with van der Waals surface area (Å²) in [7, 11) is 0. The van der Waals surface area contributed by atoms with E-state index in [0.29, 0.717) is 0 Å². The van der Waals surface area contributed by atoms with E-state index in [4.69, 9.17) is 0 Å². The van der Waals surface area contributed by atoms with Gasteiger partial charge in [0.2, 0.25) is 0 Å². The minimum absolute atomic E-state index is 1.26. The van der Waals surface area contributed by atoms with Crippen molar-refractivity contribution in [1.82, 2.24) is 4.98 Å². The highest BCUT2D eigenvalue weighted by molar-refractivity contribution is 7.99. The Bertz CT molecular complexity index is 565. The Hall–Kier alpha value is -1.19. The summed E-state index contributed by atoms with van der Waals surface area (Å²) in [5.74, 6) is 0. The van der Waals surface area contributed by atoms with Gasteiger partial charge in [-0.15, -0.1) is 11.3 Å². The predicted molar refractivity (Wildman–Crippen MR) is 66.7 cm³/mol. The van der Waals surface area contributed by atoms with Crippen molar-refractivity contribution < 1.29 is 0 Å². The molecule has 1 aromatic carbocycles. The highest BCUT2D eigenvalue weighted by atomic mass is 32.2. The summed E-state index contributed by atoms with van der Waals surface area (Å²) in [5, 5.41) is 3.45. The van der Waals surface area contributed by atoms with Crippen LogP contribution in [-0.4, -0.2) is 4.98 Å². The number of rotatable bonds is 2. The van der Waals surface area contributed by atoms with Gasteiger partial charge < -0.3 is 4.98 Å². The molecule has 0 radical (unpaired) electrons. The first-order valence-corrected chi connectivity index (χ1v) is 6.40. The molecule has 15 heavy (non-hydrogen) atoms. The first kappa shape index (κ1) is 9.07. The normalized spacial score (nSPS) is 10.9. The number of H-pyrrole nitrogens is 1. The Labute approximate surface area is 96.1 Å². The molecule has 3 rings (SSSR count). The van der Waals surface area contributed by atoms with E-state index in [2.05, 4.69) is 46.9 Å². The molecule has 2 heterocycles. The van der Waals surface area contributed by atoms with E-state index in [1.54, 1.807) is 23.1 Å². The number of hydrogen-bond donors (Lipinski definition) is 1. The molecule has 1 nitrogen and oxygen atoms in total. The van der Waals surface area contributed by atoms with Gasteiger partial charge in [0.25, 0.3) is 0 Å². The zero-order chi connectivity index (χ0) is 10.1. The average molecular weight is 231 g/mol. The SMILES string of the molecule is c1ccc(Sc2c[nH]c3sccc23)cc1. The van der Waals surface area contributed by atoms with Crippen molar-refractivity contribution in [2.75, 3.05) is 0 Å². The third-order valence-electron chi connectivity index (χ3n) is 2.24. The zero-order valence-corrected chi connectivity index (χ0v) is 9.57. The quantitative estimate of drug-likeness (QED) is 0.692. The van der Waals surface area contributed by atoms with Gasteiger partial charge in [0.1, 0.15) is 4.83 Å². The lowest BCUT2D eigenvalue weighted by Gasteiger charge is -1.97. The van der Waals surface area contributed by atoms with Crippen molar-refractivity contribution >= 4 is 33.3 Å². The van der Waals surface area contributed by atoms with Gasteiger partial charge in [0.15, 0.2) is 0 Å². The molecule has 0 saturated carbocycles. The molecular weight excluding hydrogens is 222 g/mol. The highest BCUT2D eigenvalue weighted by Gasteiger charge is 2.05. The molecule has 0 aliphatic carbocycles. The molecule has 0 bridgehead atoms. The summed E-state index contributed by atoms with van der Waals surface area (Å²) < 4.78 is 0. The lowest BCUT2D eigenvalue weighted by Crippen LogP contribution is -1.68. The molecule has 3 aromatic rings. The third-order valence-corrected chi connectivity index (χ3v) is 4.15. The minimum Gasteiger partial charge on any atom is -0.352 e. The van der Waals surface area contributed by atoms with Crippen LogP contribution in [0.2, 0.25) is 0 Å². The molecule has 0 amide bonds. The van der Waals surface area contributed by atoms with Gasteiger partial charge in [0.05, 0.1) is 0 Å². The van der Waals surface area contributed by atoms with Gasteiger partial charge in [-0.1, -0.05) is 30.0 Å². The lowest BCUT2D eigenvalue weighted by molar-refractivity contribution is 1.40. The molecule has 0 fully saturated rings. The Balaban J connectivity index is 1.99. The number of benzene rings is 1. The summed E-state index contributed by atoms with van der Waals surface area (Å²) in [6.07, 6.45) is 2.08. The predicted octanol–water partition coefficient (Wildman–Crippen LogP) is 4.38. The van der Waals surface area contributed by atoms with Crippen molar-refractivity contribution in [2.45, 2.75) is 9.79 Å². The van der Waals surface area contributed by atoms with Crippen LogP contribution in [0, 0.1) is 0 Å². The standard InChI is InChI=1S/C12H9NS2/c1-2-4-9(5-3-1)15-11-8-13-12-10(11)6-7-14-12/h1-8,13H. The largest absolute Gasteiger partial charge is 0.352 e. The second-order valence-electron chi connectivity index (χ2n) is 3.23. The van der Waals surface area contributed by atoms with Crippen LogP contribution in [-0.2, 0) is 0 Å².